The summed E-state index contributed by atoms with van der Waals surface area (Å²) < 4.78 is 26.0. The summed E-state index contributed by atoms with van der Waals surface area (Å²) in [6.07, 6.45) is 1.68. The fourth-order valence-corrected chi connectivity index (χ4v) is 2.61. The molecule has 0 bridgehead atoms. The van der Waals surface area contributed by atoms with Crippen LogP contribution in [0.4, 0.5) is 5.69 Å². The molecule has 0 unspecified atom stereocenters. The van der Waals surface area contributed by atoms with Crippen molar-refractivity contribution < 1.29 is 8.42 Å². The third-order valence-corrected chi connectivity index (χ3v) is 4.21. The molecule has 0 aliphatic carbocycles. The van der Waals surface area contributed by atoms with E-state index in [-0.39, 0.29) is 4.90 Å². The van der Waals surface area contributed by atoms with E-state index in [4.69, 9.17) is 12.2 Å². The lowest BCUT2D eigenvalue weighted by Gasteiger charge is -2.12. The molecule has 0 aromatic heterocycles. The molecule has 0 amide bonds. The fraction of sp³-hybridized carbons (Fsp3) is 0.250. The number of anilines is 1. The first-order chi connectivity index (χ1) is 8.90. The highest BCUT2D eigenvalue weighted by Gasteiger charge is 2.15. The summed E-state index contributed by atoms with van der Waals surface area (Å²) in [6.45, 7) is 5.85. The van der Waals surface area contributed by atoms with Gasteiger partial charge in [0.2, 0.25) is 10.0 Å². The van der Waals surface area contributed by atoms with Gasteiger partial charge in [-0.3, -0.25) is 0 Å². The second-order valence-electron chi connectivity index (χ2n) is 3.81. The average Bonchev–Trinajstić information content (AvgIpc) is 2.38. The van der Waals surface area contributed by atoms with Crippen molar-refractivity contribution in [2.75, 3.05) is 18.9 Å². The van der Waals surface area contributed by atoms with Crippen molar-refractivity contribution in [2.45, 2.75) is 11.8 Å². The van der Waals surface area contributed by atoms with Gasteiger partial charge >= 0.3 is 0 Å². The average molecular weight is 299 g/mol. The summed E-state index contributed by atoms with van der Waals surface area (Å²) in [5.74, 6) is 0. The van der Waals surface area contributed by atoms with Gasteiger partial charge in [-0.05, 0) is 43.9 Å². The fourth-order valence-electron chi connectivity index (χ4n) is 1.42. The lowest BCUT2D eigenvalue weighted by molar-refractivity contribution is 0.587. The lowest BCUT2D eigenvalue weighted by atomic mass is 10.2. The molecule has 0 aliphatic rings. The first-order valence-corrected chi connectivity index (χ1v) is 7.50. The van der Waals surface area contributed by atoms with Crippen LogP contribution in [0.3, 0.4) is 0 Å². The quantitative estimate of drug-likeness (QED) is 0.566. The predicted molar refractivity (Wildman–Crippen MR) is 81.8 cm³/mol. The van der Waals surface area contributed by atoms with Gasteiger partial charge in [0, 0.05) is 12.2 Å². The van der Waals surface area contributed by atoms with Crippen LogP contribution in [0.15, 0.2) is 35.7 Å². The zero-order chi connectivity index (χ0) is 14.5. The van der Waals surface area contributed by atoms with Gasteiger partial charge in [0.25, 0.3) is 0 Å². The minimum absolute atomic E-state index is 0.228. The van der Waals surface area contributed by atoms with Crippen molar-refractivity contribution in [3.8, 4) is 0 Å². The van der Waals surface area contributed by atoms with Crippen molar-refractivity contribution in [1.82, 2.24) is 10.0 Å². The molecule has 0 atom stereocenters. The largest absolute Gasteiger partial charge is 0.359 e. The van der Waals surface area contributed by atoms with Crippen LogP contribution in [0.2, 0.25) is 0 Å². The second kappa shape index (κ2) is 6.65. The zero-order valence-corrected chi connectivity index (χ0v) is 12.5. The van der Waals surface area contributed by atoms with Crippen LogP contribution in [-0.4, -0.2) is 27.1 Å². The summed E-state index contributed by atoms with van der Waals surface area (Å²) in [6, 6.07) is 5.04. The maximum absolute atomic E-state index is 11.8. The van der Waals surface area contributed by atoms with E-state index in [0.29, 0.717) is 22.9 Å². The van der Waals surface area contributed by atoms with Crippen molar-refractivity contribution in [1.29, 1.82) is 0 Å². The molecule has 1 rings (SSSR count). The van der Waals surface area contributed by atoms with E-state index >= 15 is 0 Å². The van der Waals surface area contributed by atoms with Gasteiger partial charge in [-0.1, -0.05) is 12.1 Å². The molecule has 0 saturated carbocycles. The molecule has 0 fully saturated rings. The highest BCUT2D eigenvalue weighted by atomic mass is 32.2. The Bertz CT molecular complexity index is 583. The molecule has 3 N–H and O–H groups in total. The van der Waals surface area contributed by atoms with E-state index in [9.17, 15) is 8.42 Å². The maximum atomic E-state index is 11.8. The summed E-state index contributed by atoms with van der Waals surface area (Å²) >= 11 is 5.06. The van der Waals surface area contributed by atoms with Crippen molar-refractivity contribution in [3.63, 3.8) is 0 Å². The van der Waals surface area contributed by atoms with Crippen molar-refractivity contribution >= 4 is 33.0 Å². The van der Waals surface area contributed by atoms with Gasteiger partial charge in [-0.25, -0.2) is 13.1 Å². The molecule has 0 aliphatic heterocycles. The smallest absolute Gasteiger partial charge is 0.240 e. The van der Waals surface area contributed by atoms with E-state index in [0.717, 1.165) is 0 Å². The number of nitrogens with one attached hydrogen (secondary N) is 3. The van der Waals surface area contributed by atoms with Crippen LogP contribution in [0, 0.1) is 6.92 Å². The Labute approximate surface area is 119 Å². The number of hydrogen-bond donors (Lipinski definition) is 3. The second-order valence-corrected chi connectivity index (χ2v) is 6.07. The molecular weight excluding hydrogens is 282 g/mol. The Kier molecular flexibility index (Phi) is 5.46. The minimum Gasteiger partial charge on any atom is -0.359 e. The Morgan fingerprint density at radius 1 is 1.47 bits per heavy atom. The number of benzene rings is 1. The molecule has 0 radical (unpaired) electrons. The van der Waals surface area contributed by atoms with Crippen LogP contribution >= 0.6 is 12.2 Å². The van der Waals surface area contributed by atoms with Gasteiger partial charge in [0.1, 0.15) is 0 Å². The molecule has 104 valence electrons. The molecule has 7 heteroatoms. The molecule has 5 nitrogen and oxygen atoms in total. The summed E-state index contributed by atoms with van der Waals surface area (Å²) in [5, 5.41) is 6.24. The van der Waals surface area contributed by atoms with Gasteiger partial charge in [0.05, 0.1) is 4.90 Å². The molecule has 19 heavy (non-hydrogen) atoms. The van der Waals surface area contributed by atoms with Crippen LogP contribution in [0.25, 0.3) is 0 Å². The van der Waals surface area contributed by atoms with Crippen molar-refractivity contribution in [2.24, 2.45) is 0 Å². The van der Waals surface area contributed by atoms with Crippen LogP contribution < -0.4 is 15.4 Å². The predicted octanol–water partition coefficient (Wildman–Crippen LogP) is 1.38. The van der Waals surface area contributed by atoms with E-state index in [1.165, 1.54) is 7.05 Å². The zero-order valence-electron chi connectivity index (χ0n) is 10.9. The first kappa shape index (κ1) is 15.6. The van der Waals surface area contributed by atoms with E-state index in [1.807, 2.05) is 0 Å². The Balaban J connectivity index is 2.97. The molecule has 1 aromatic carbocycles. The number of thiocarbonyl (C=S) groups is 1. The Morgan fingerprint density at radius 2 is 2.16 bits per heavy atom. The molecule has 0 spiro atoms. The number of aryl methyl sites for hydroxylation is 1. The summed E-state index contributed by atoms with van der Waals surface area (Å²) in [5.41, 5.74) is 1.28. The Hall–Kier alpha value is -1.44. The summed E-state index contributed by atoms with van der Waals surface area (Å²) in [7, 11) is -2.09. The van der Waals surface area contributed by atoms with E-state index < -0.39 is 10.0 Å². The first-order valence-electron chi connectivity index (χ1n) is 5.60. The van der Waals surface area contributed by atoms with Crippen molar-refractivity contribution in [3.05, 3.63) is 36.4 Å². The SMILES string of the molecule is C=CCNC(=S)Nc1ccc(C)c(S(=O)(=O)NC)c1. The Morgan fingerprint density at radius 3 is 2.74 bits per heavy atom. The van der Waals surface area contributed by atoms with E-state index in [2.05, 4.69) is 21.9 Å². The number of sulfonamides is 1. The van der Waals surface area contributed by atoms with Gasteiger partial charge < -0.3 is 10.6 Å². The highest BCUT2D eigenvalue weighted by Crippen LogP contribution is 2.19. The van der Waals surface area contributed by atoms with Gasteiger partial charge in [-0.2, -0.15) is 0 Å². The van der Waals surface area contributed by atoms with Crippen LogP contribution in [0.5, 0.6) is 0 Å². The van der Waals surface area contributed by atoms with Crippen LogP contribution in [-0.2, 0) is 10.0 Å². The number of rotatable bonds is 5. The summed E-state index contributed by atoms with van der Waals surface area (Å²) in [4.78, 5) is 0.228. The highest BCUT2D eigenvalue weighted by molar-refractivity contribution is 7.89. The maximum Gasteiger partial charge on any atom is 0.240 e. The lowest BCUT2D eigenvalue weighted by Crippen LogP contribution is -2.28. The normalized spacial score (nSPS) is 10.8. The monoisotopic (exact) mass is 299 g/mol. The molecule has 1 aromatic rings. The third-order valence-electron chi connectivity index (χ3n) is 2.41. The molecule has 0 saturated heterocycles. The molecular formula is C12H17N3O2S2. The van der Waals surface area contributed by atoms with Gasteiger partial charge in [0.15, 0.2) is 5.11 Å². The topological polar surface area (TPSA) is 70.2 Å². The molecule has 0 heterocycles. The van der Waals surface area contributed by atoms with Gasteiger partial charge in [-0.15, -0.1) is 6.58 Å². The van der Waals surface area contributed by atoms with Crippen LogP contribution in [0.1, 0.15) is 5.56 Å². The third kappa shape index (κ3) is 4.30. The van der Waals surface area contributed by atoms with E-state index in [1.54, 1.807) is 31.2 Å². The minimum atomic E-state index is -3.47. The number of hydrogen-bond acceptors (Lipinski definition) is 3. The standard InChI is InChI=1S/C12H17N3O2S2/c1-4-7-14-12(18)15-10-6-5-9(2)11(8-10)19(16,17)13-3/h4-6,8,13H,1,7H2,2-3H3,(H2,14,15,18).